The SMILES string of the molecule is C[B]C(C)c1ccc2c(c1)c(=O)oc1cc(OCc3cc(OC)cc(OC)c3)c(OC)cc12. The smallest absolute Gasteiger partial charge is 0.344 e. The zero-order valence-electron chi connectivity index (χ0n) is 19.4. The van der Waals surface area contributed by atoms with E-state index in [0.717, 1.165) is 21.9 Å². The van der Waals surface area contributed by atoms with Gasteiger partial charge in [-0.15, -0.1) is 0 Å². The molecule has 0 saturated carbocycles. The molecule has 1 aromatic heterocycles. The third-order valence-electron chi connectivity index (χ3n) is 5.85. The Kier molecular flexibility index (Phi) is 6.49. The van der Waals surface area contributed by atoms with E-state index in [1.54, 1.807) is 33.5 Å². The van der Waals surface area contributed by atoms with Crippen LogP contribution < -0.4 is 24.6 Å². The van der Waals surface area contributed by atoms with Crippen LogP contribution in [-0.4, -0.2) is 28.6 Å². The Balaban J connectivity index is 1.74. The van der Waals surface area contributed by atoms with Gasteiger partial charge in [-0.2, -0.15) is 0 Å². The van der Waals surface area contributed by atoms with E-state index < -0.39 is 0 Å². The Morgan fingerprint density at radius 2 is 1.58 bits per heavy atom. The molecule has 0 aliphatic rings. The van der Waals surface area contributed by atoms with E-state index in [4.69, 9.17) is 23.4 Å². The summed E-state index contributed by atoms with van der Waals surface area (Å²) < 4.78 is 27.9. The first kappa shape index (κ1) is 22.6. The molecule has 6 nitrogen and oxygen atoms in total. The Hall–Kier alpha value is -3.61. The van der Waals surface area contributed by atoms with Gasteiger partial charge in [0.05, 0.1) is 26.7 Å². The summed E-state index contributed by atoms with van der Waals surface area (Å²) in [4.78, 5) is 12.8. The molecule has 169 valence electrons. The van der Waals surface area contributed by atoms with Crippen LogP contribution in [0, 0.1) is 0 Å². The second kappa shape index (κ2) is 9.49. The van der Waals surface area contributed by atoms with Crippen molar-refractivity contribution in [1.82, 2.24) is 0 Å². The lowest BCUT2D eigenvalue weighted by Crippen LogP contribution is -2.05. The Bertz CT molecular complexity index is 1340. The van der Waals surface area contributed by atoms with Gasteiger partial charge in [0, 0.05) is 22.9 Å². The minimum Gasteiger partial charge on any atom is -0.497 e. The van der Waals surface area contributed by atoms with Crippen LogP contribution in [0.4, 0.5) is 0 Å². The Labute approximate surface area is 193 Å². The summed E-state index contributed by atoms with van der Waals surface area (Å²) in [6, 6.07) is 15.0. The molecule has 7 heteroatoms. The maximum absolute atomic E-state index is 12.8. The van der Waals surface area contributed by atoms with Gasteiger partial charge in [0.2, 0.25) is 0 Å². The molecule has 0 fully saturated rings. The summed E-state index contributed by atoms with van der Waals surface area (Å²) in [5.74, 6) is 2.60. The topological polar surface area (TPSA) is 67.1 Å². The summed E-state index contributed by atoms with van der Waals surface area (Å²) in [7, 11) is 6.87. The molecule has 1 radical (unpaired) electrons. The quantitative estimate of drug-likeness (QED) is 0.207. The molecule has 0 spiro atoms. The fraction of sp³-hybridized carbons (Fsp3) is 0.269. The molecule has 0 amide bonds. The third kappa shape index (κ3) is 4.49. The highest BCUT2D eigenvalue weighted by atomic mass is 16.5. The van der Waals surface area contributed by atoms with Crippen LogP contribution in [0.5, 0.6) is 23.0 Å². The van der Waals surface area contributed by atoms with E-state index >= 15 is 0 Å². The van der Waals surface area contributed by atoms with Crippen LogP contribution in [0.3, 0.4) is 0 Å². The standard InChI is InChI=1S/C26H26BO6/c1-15(27-2)17-6-7-20-21-12-24(31-5)25(13-23(21)33-26(28)22(20)10-17)32-14-16-8-18(29-3)11-19(9-16)30-4/h6-13,15H,14H2,1-5H3. The molecule has 1 atom stereocenters. The number of benzene rings is 3. The minimum atomic E-state index is -0.378. The second-order valence-electron chi connectivity index (χ2n) is 7.83. The van der Waals surface area contributed by atoms with E-state index in [-0.39, 0.29) is 18.0 Å². The fourth-order valence-electron chi connectivity index (χ4n) is 3.82. The molecular formula is C26H26BO6. The van der Waals surface area contributed by atoms with Gasteiger partial charge in [-0.1, -0.05) is 31.4 Å². The van der Waals surface area contributed by atoms with Crippen molar-refractivity contribution < 1.29 is 23.4 Å². The van der Waals surface area contributed by atoms with Gasteiger partial charge in [0.15, 0.2) is 11.5 Å². The van der Waals surface area contributed by atoms with Crippen LogP contribution in [-0.2, 0) is 6.61 Å². The van der Waals surface area contributed by atoms with E-state index in [1.807, 2.05) is 43.2 Å². The summed E-state index contributed by atoms with van der Waals surface area (Å²) >= 11 is 0. The summed E-state index contributed by atoms with van der Waals surface area (Å²) in [5, 5.41) is 2.15. The maximum Gasteiger partial charge on any atom is 0.344 e. The molecule has 0 bridgehead atoms. The molecule has 4 rings (SSSR count). The predicted octanol–water partition coefficient (Wildman–Crippen LogP) is 5.36. The van der Waals surface area contributed by atoms with Crippen molar-refractivity contribution in [2.45, 2.75) is 26.2 Å². The molecule has 0 aliphatic heterocycles. The van der Waals surface area contributed by atoms with Crippen molar-refractivity contribution in [3.05, 3.63) is 70.1 Å². The minimum absolute atomic E-state index is 0.241. The van der Waals surface area contributed by atoms with Gasteiger partial charge in [0.1, 0.15) is 31.0 Å². The number of fused-ring (bicyclic) bond motifs is 3. The Morgan fingerprint density at radius 3 is 2.21 bits per heavy atom. The zero-order valence-corrected chi connectivity index (χ0v) is 19.4. The van der Waals surface area contributed by atoms with Crippen molar-refractivity contribution in [1.29, 1.82) is 0 Å². The number of hydrogen-bond donors (Lipinski definition) is 0. The van der Waals surface area contributed by atoms with Crippen LogP contribution in [0.2, 0.25) is 6.82 Å². The highest BCUT2D eigenvalue weighted by Gasteiger charge is 2.15. The highest BCUT2D eigenvalue weighted by molar-refractivity contribution is 6.35. The molecule has 1 heterocycles. The van der Waals surface area contributed by atoms with E-state index in [1.165, 1.54) is 0 Å². The normalized spacial score (nSPS) is 11.9. The van der Waals surface area contributed by atoms with Gasteiger partial charge >= 0.3 is 5.63 Å². The Morgan fingerprint density at radius 1 is 0.848 bits per heavy atom. The number of rotatable bonds is 8. The first-order valence-electron chi connectivity index (χ1n) is 10.7. The molecule has 0 N–H and O–H groups in total. The predicted molar refractivity (Wildman–Crippen MR) is 130 cm³/mol. The van der Waals surface area contributed by atoms with Gasteiger partial charge < -0.3 is 23.4 Å². The molecule has 0 saturated heterocycles. The van der Waals surface area contributed by atoms with Crippen LogP contribution >= 0.6 is 0 Å². The van der Waals surface area contributed by atoms with Crippen molar-refractivity contribution in [2.24, 2.45) is 0 Å². The van der Waals surface area contributed by atoms with E-state index in [2.05, 4.69) is 14.2 Å². The average molecular weight is 445 g/mol. The molecule has 1 unspecified atom stereocenters. The molecule has 33 heavy (non-hydrogen) atoms. The van der Waals surface area contributed by atoms with Gasteiger partial charge in [-0.05, 0) is 35.6 Å². The molecular weight excluding hydrogens is 419 g/mol. The van der Waals surface area contributed by atoms with E-state index in [9.17, 15) is 4.79 Å². The van der Waals surface area contributed by atoms with Crippen molar-refractivity contribution in [3.63, 3.8) is 0 Å². The lowest BCUT2D eigenvalue weighted by molar-refractivity contribution is 0.283. The molecule has 0 aliphatic carbocycles. The van der Waals surface area contributed by atoms with Crippen LogP contribution in [0.15, 0.2) is 57.7 Å². The molecule has 3 aromatic carbocycles. The maximum atomic E-state index is 12.8. The summed E-state index contributed by atoms with van der Waals surface area (Å²) in [6.45, 7) is 4.35. The second-order valence-corrected chi connectivity index (χ2v) is 7.83. The molecule has 4 aromatic rings. The van der Waals surface area contributed by atoms with Gasteiger partial charge in [-0.3, -0.25) is 0 Å². The van der Waals surface area contributed by atoms with Crippen LogP contribution in [0.1, 0.15) is 23.9 Å². The third-order valence-corrected chi connectivity index (χ3v) is 5.85. The van der Waals surface area contributed by atoms with Crippen molar-refractivity contribution in [2.75, 3.05) is 21.3 Å². The van der Waals surface area contributed by atoms with Gasteiger partial charge in [-0.25, -0.2) is 4.79 Å². The number of hydrogen-bond acceptors (Lipinski definition) is 6. The van der Waals surface area contributed by atoms with Gasteiger partial charge in [0.25, 0.3) is 0 Å². The number of methoxy groups -OCH3 is 3. The van der Waals surface area contributed by atoms with Crippen LogP contribution in [0.25, 0.3) is 21.7 Å². The monoisotopic (exact) mass is 445 g/mol. The number of ether oxygens (including phenoxy) is 4. The summed E-state index contributed by atoms with van der Waals surface area (Å²) in [5.41, 5.74) is 1.99. The first-order valence-corrected chi connectivity index (χ1v) is 10.7. The summed E-state index contributed by atoms with van der Waals surface area (Å²) in [6.07, 6.45) is 0. The highest BCUT2D eigenvalue weighted by Crippen LogP contribution is 2.36. The fourth-order valence-corrected chi connectivity index (χ4v) is 3.82. The lowest BCUT2D eigenvalue weighted by Gasteiger charge is -2.14. The van der Waals surface area contributed by atoms with Crippen molar-refractivity contribution >= 4 is 29.0 Å². The zero-order chi connectivity index (χ0) is 23.5. The average Bonchev–Trinajstić information content (AvgIpc) is 2.86. The largest absolute Gasteiger partial charge is 0.497 e. The van der Waals surface area contributed by atoms with E-state index in [0.29, 0.717) is 34.0 Å². The lowest BCUT2D eigenvalue weighted by atomic mass is 9.65. The van der Waals surface area contributed by atoms with Crippen molar-refractivity contribution in [3.8, 4) is 23.0 Å². The first-order chi connectivity index (χ1) is 16.0.